The number of amides is 1. The molecule has 4 heteroatoms. The number of hydrogen-bond donors (Lipinski definition) is 1. The van der Waals surface area contributed by atoms with Crippen LogP contribution < -0.4 is 5.73 Å². The number of carbonyl (C=O) groups excluding carboxylic acids is 1. The molecule has 4 nitrogen and oxygen atoms in total. The van der Waals surface area contributed by atoms with E-state index in [1.807, 2.05) is 36.2 Å². The first-order valence-corrected chi connectivity index (χ1v) is 7.87. The molecule has 0 bridgehead atoms. The van der Waals surface area contributed by atoms with Crippen LogP contribution >= 0.6 is 0 Å². The van der Waals surface area contributed by atoms with Gasteiger partial charge in [0, 0.05) is 37.7 Å². The van der Waals surface area contributed by atoms with Crippen molar-refractivity contribution in [3.8, 4) is 0 Å². The second-order valence-electron chi connectivity index (χ2n) is 7.08. The highest BCUT2D eigenvalue weighted by Crippen LogP contribution is 2.53. The van der Waals surface area contributed by atoms with Gasteiger partial charge in [0.1, 0.15) is 0 Å². The molecule has 0 spiro atoms. The third-order valence-corrected chi connectivity index (χ3v) is 5.75. The standard InChI is InChI=1S/C18H28N2O2/c1-17(2)15(12-18(17,3)22-5)20(4)16(21)11-10-13-8-6-7-9-14(13)19/h6-9,15H,10-12,19H2,1-5H3. The number of nitrogen functional groups attached to an aromatic ring is 1. The normalized spacial score (nSPS) is 26.3. The van der Waals surface area contributed by atoms with Gasteiger partial charge in [0.05, 0.1) is 5.60 Å². The van der Waals surface area contributed by atoms with E-state index in [1.54, 1.807) is 7.11 Å². The van der Waals surface area contributed by atoms with Crippen molar-refractivity contribution in [1.82, 2.24) is 4.90 Å². The fourth-order valence-corrected chi connectivity index (χ4v) is 3.43. The summed E-state index contributed by atoms with van der Waals surface area (Å²) < 4.78 is 5.64. The number of aryl methyl sites for hydroxylation is 1. The van der Waals surface area contributed by atoms with Crippen LogP contribution in [-0.2, 0) is 16.0 Å². The largest absolute Gasteiger partial charge is 0.399 e. The van der Waals surface area contributed by atoms with Gasteiger partial charge in [-0.25, -0.2) is 0 Å². The molecule has 0 heterocycles. The summed E-state index contributed by atoms with van der Waals surface area (Å²) in [6.45, 7) is 6.46. The van der Waals surface area contributed by atoms with Crippen molar-refractivity contribution in [2.75, 3.05) is 19.9 Å². The topological polar surface area (TPSA) is 55.6 Å². The van der Waals surface area contributed by atoms with Crippen LogP contribution in [0.2, 0.25) is 0 Å². The van der Waals surface area contributed by atoms with E-state index in [9.17, 15) is 4.79 Å². The Labute approximate surface area is 133 Å². The predicted octanol–water partition coefficient (Wildman–Crippen LogP) is 2.86. The second-order valence-corrected chi connectivity index (χ2v) is 7.08. The SMILES string of the molecule is COC1(C)CC(N(C)C(=O)CCc2ccccc2N)C1(C)C. The first-order chi connectivity index (χ1) is 10.2. The highest BCUT2D eigenvalue weighted by Gasteiger charge is 2.59. The van der Waals surface area contributed by atoms with Crippen LogP contribution in [-0.4, -0.2) is 36.6 Å². The molecule has 0 radical (unpaired) electrons. The Morgan fingerprint density at radius 3 is 2.55 bits per heavy atom. The van der Waals surface area contributed by atoms with Crippen molar-refractivity contribution in [2.24, 2.45) is 5.41 Å². The van der Waals surface area contributed by atoms with E-state index in [-0.39, 0.29) is 23.0 Å². The van der Waals surface area contributed by atoms with Crippen molar-refractivity contribution in [3.05, 3.63) is 29.8 Å². The summed E-state index contributed by atoms with van der Waals surface area (Å²) in [5.74, 6) is 0.166. The summed E-state index contributed by atoms with van der Waals surface area (Å²) in [6, 6.07) is 7.95. The lowest BCUT2D eigenvalue weighted by Crippen LogP contribution is -2.68. The molecule has 2 rings (SSSR count). The van der Waals surface area contributed by atoms with E-state index in [4.69, 9.17) is 10.5 Å². The molecule has 2 N–H and O–H groups in total. The quantitative estimate of drug-likeness (QED) is 0.851. The van der Waals surface area contributed by atoms with Crippen LogP contribution in [0.25, 0.3) is 0 Å². The number of hydrogen-bond acceptors (Lipinski definition) is 3. The summed E-state index contributed by atoms with van der Waals surface area (Å²) in [7, 11) is 3.65. The fraction of sp³-hybridized carbons (Fsp3) is 0.611. The van der Waals surface area contributed by atoms with E-state index in [0.29, 0.717) is 12.8 Å². The number of para-hydroxylation sites is 1. The molecule has 0 aromatic heterocycles. The van der Waals surface area contributed by atoms with Gasteiger partial charge in [-0.1, -0.05) is 32.0 Å². The van der Waals surface area contributed by atoms with Gasteiger partial charge in [0.15, 0.2) is 0 Å². The number of ether oxygens (including phenoxy) is 1. The van der Waals surface area contributed by atoms with Gasteiger partial charge in [-0.15, -0.1) is 0 Å². The van der Waals surface area contributed by atoms with Gasteiger partial charge < -0.3 is 15.4 Å². The van der Waals surface area contributed by atoms with Crippen LogP contribution in [0.4, 0.5) is 5.69 Å². The second kappa shape index (κ2) is 5.92. The van der Waals surface area contributed by atoms with Crippen molar-refractivity contribution in [3.63, 3.8) is 0 Å². The van der Waals surface area contributed by atoms with E-state index in [2.05, 4.69) is 20.8 Å². The molecule has 1 aliphatic rings. The Kier molecular flexibility index (Phi) is 4.52. The van der Waals surface area contributed by atoms with Crippen LogP contribution in [0.3, 0.4) is 0 Å². The number of anilines is 1. The number of rotatable bonds is 5. The molecule has 1 aromatic rings. The van der Waals surface area contributed by atoms with Gasteiger partial charge in [0.2, 0.25) is 5.91 Å². The van der Waals surface area contributed by atoms with Crippen molar-refractivity contribution in [2.45, 2.75) is 51.7 Å². The average Bonchev–Trinajstić information content (AvgIpc) is 2.50. The van der Waals surface area contributed by atoms with E-state index in [0.717, 1.165) is 17.7 Å². The molecule has 1 amide bonds. The molecule has 0 aliphatic heterocycles. The summed E-state index contributed by atoms with van der Waals surface area (Å²) in [5.41, 5.74) is 7.53. The number of methoxy groups -OCH3 is 1. The Hall–Kier alpha value is -1.55. The molecular formula is C18H28N2O2. The lowest BCUT2D eigenvalue weighted by Gasteiger charge is -2.61. The molecular weight excluding hydrogens is 276 g/mol. The number of benzene rings is 1. The van der Waals surface area contributed by atoms with Gasteiger partial charge >= 0.3 is 0 Å². The number of nitrogens with zero attached hydrogens (tertiary/aromatic N) is 1. The number of nitrogens with two attached hydrogens (primary N) is 1. The van der Waals surface area contributed by atoms with Crippen molar-refractivity contribution in [1.29, 1.82) is 0 Å². The average molecular weight is 304 g/mol. The third-order valence-electron chi connectivity index (χ3n) is 5.75. The summed E-state index contributed by atoms with van der Waals surface area (Å²) in [5, 5.41) is 0. The predicted molar refractivity (Wildman–Crippen MR) is 89.5 cm³/mol. The molecule has 0 saturated heterocycles. The molecule has 22 heavy (non-hydrogen) atoms. The molecule has 2 atom stereocenters. The Morgan fingerprint density at radius 1 is 1.36 bits per heavy atom. The molecule has 1 aromatic carbocycles. The minimum absolute atomic E-state index is 0.0437. The van der Waals surface area contributed by atoms with Gasteiger partial charge in [-0.05, 0) is 31.4 Å². The summed E-state index contributed by atoms with van der Waals surface area (Å²) in [6.07, 6.45) is 2.05. The first-order valence-electron chi connectivity index (χ1n) is 7.87. The maximum Gasteiger partial charge on any atom is 0.222 e. The molecule has 1 fully saturated rings. The Balaban J connectivity index is 1.95. The third kappa shape index (κ3) is 2.72. The van der Waals surface area contributed by atoms with Gasteiger partial charge in [0.25, 0.3) is 0 Å². The zero-order chi connectivity index (χ0) is 16.5. The maximum absolute atomic E-state index is 12.5. The highest BCUT2D eigenvalue weighted by molar-refractivity contribution is 5.77. The summed E-state index contributed by atoms with van der Waals surface area (Å²) in [4.78, 5) is 14.4. The zero-order valence-electron chi connectivity index (χ0n) is 14.3. The summed E-state index contributed by atoms with van der Waals surface area (Å²) >= 11 is 0. The Morgan fingerprint density at radius 2 is 2.00 bits per heavy atom. The highest BCUT2D eigenvalue weighted by atomic mass is 16.5. The monoisotopic (exact) mass is 304 g/mol. The van der Waals surface area contributed by atoms with Crippen LogP contribution in [0.1, 0.15) is 39.2 Å². The van der Waals surface area contributed by atoms with E-state index >= 15 is 0 Å². The molecule has 1 aliphatic carbocycles. The lowest BCUT2D eigenvalue weighted by molar-refractivity contribution is -0.207. The Bertz CT molecular complexity index is 556. The molecule has 122 valence electrons. The zero-order valence-corrected chi connectivity index (χ0v) is 14.3. The molecule has 1 saturated carbocycles. The minimum atomic E-state index is -0.157. The maximum atomic E-state index is 12.5. The van der Waals surface area contributed by atoms with Crippen LogP contribution in [0.5, 0.6) is 0 Å². The fourth-order valence-electron chi connectivity index (χ4n) is 3.43. The van der Waals surface area contributed by atoms with E-state index < -0.39 is 0 Å². The van der Waals surface area contributed by atoms with Crippen LogP contribution in [0.15, 0.2) is 24.3 Å². The van der Waals surface area contributed by atoms with Crippen molar-refractivity contribution >= 4 is 11.6 Å². The number of carbonyl (C=O) groups is 1. The lowest BCUT2D eigenvalue weighted by atomic mass is 9.55. The van der Waals surface area contributed by atoms with Gasteiger partial charge in [-0.3, -0.25) is 4.79 Å². The minimum Gasteiger partial charge on any atom is -0.399 e. The van der Waals surface area contributed by atoms with Gasteiger partial charge in [-0.2, -0.15) is 0 Å². The van der Waals surface area contributed by atoms with Crippen molar-refractivity contribution < 1.29 is 9.53 Å². The van der Waals surface area contributed by atoms with Crippen LogP contribution in [0, 0.1) is 5.41 Å². The smallest absolute Gasteiger partial charge is 0.222 e. The van der Waals surface area contributed by atoms with E-state index in [1.165, 1.54) is 0 Å². The first kappa shape index (κ1) is 16.8. The molecule has 2 unspecified atom stereocenters.